The number of hydrogen-bond donors (Lipinski definition) is 3. The summed E-state index contributed by atoms with van der Waals surface area (Å²) in [6.07, 6.45) is 0. The van der Waals surface area contributed by atoms with Gasteiger partial charge in [-0.15, -0.1) is 0 Å². The molecule has 0 aliphatic rings. The van der Waals surface area contributed by atoms with Crippen LogP contribution in [0.2, 0.25) is 0 Å². The molecule has 2 atom stereocenters. The molecule has 0 aliphatic heterocycles. The van der Waals surface area contributed by atoms with Gasteiger partial charge in [0, 0.05) is 0 Å². The van der Waals surface area contributed by atoms with Crippen LogP contribution in [0.1, 0.15) is 5.56 Å². The SMILES string of the molecule is NC(O)(Cl)C(N)(Cl)c1ccccc1. The summed E-state index contributed by atoms with van der Waals surface area (Å²) in [5, 5.41) is 7.10. The number of hydrogen-bond acceptors (Lipinski definition) is 3. The van der Waals surface area contributed by atoms with Crippen LogP contribution in [0.3, 0.4) is 0 Å². The van der Waals surface area contributed by atoms with E-state index in [9.17, 15) is 5.11 Å². The predicted molar refractivity (Wildman–Crippen MR) is 53.2 cm³/mol. The van der Waals surface area contributed by atoms with Crippen LogP contribution < -0.4 is 11.5 Å². The minimum Gasteiger partial charge on any atom is -0.360 e. The molecule has 0 amide bonds. The second-order valence-electron chi connectivity index (χ2n) is 2.75. The minimum atomic E-state index is -2.18. The number of nitrogens with two attached hydrogens (primary N) is 2. The van der Waals surface area contributed by atoms with Gasteiger partial charge >= 0.3 is 0 Å². The van der Waals surface area contributed by atoms with Gasteiger partial charge in [-0.25, -0.2) is 0 Å². The predicted octanol–water partition coefficient (Wildman–Crippen LogP) is 0.881. The first-order chi connectivity index (χ1) is 5.86. The zero-order valence-electron chi connectivity index (χ0n) is 6.74. The zero-order chi connectivity index (χ0) is 10.1. The number of halogens is 2. The molecule has 0 fully saturated rings. The minimum absolute atomic E-state index is 0.455. The Hall–Kier alpha value is -0.320. The molecule has 5 heteroatoms. The van der Waals surface area contributed by atoms with Crippen molar-refractivity contribution in [3.05, 3.63) is 35.9 Å². The summed E-state index contributed by atoms with van der Waals surface area (Å²) in [6, 6.07) is 8.50. The fraction of sp³-hybridized carbons (Fsp3) is 0.250. The molecule has 0 bridgehead atoms. The van der Waals surface area contributed by atoms with E-state index >= 15 is 0 Å². The smallest absolute Gasteiger partial charge is 0.228 e. The van der Waals surface area contributed by atoms with Crippen molar-refractivity contribution < 1.29 is 5.11 Å². The van der Waals surface area contributed by atoms with Gasteiger partial charge in [0.1, 0.15) is 0 Å². The second kappa shape index (κ2) is 3.44. The van der Waals surface area contributed by atoms with E-state index in [-0.39, 0.29) is 0 Å². The van der Waals surface area contributed by atoms with Crippen molar-refractivity contribution in [3.8, 4) is 0 Å². The van der Waals surface area contributed by atoms with Crippen LogP contribution >= 0.6 is 23.2 Å². The molecule has 13 heavy (non-hydrogen) atoms. The number of aliphatic hydroxyl groups is 1. The average Bonchev–Trinajstić information content (AvgIpc) is 2.04. The van der Waals surface area contributed by atoms with E-state index in [1.54, 1.807) is 30.3 Å². The molecule has 1 rings (SSSR count). The lowest BCUT2D eigenvalue weighted by molar-refractivity contribution is 0.0869. The van der Waals surface area contributed by atoms with Crippen LogP contribution in [0.15, 0.2) is 30.3 Å². The quantitative estimate of drug-likeness (QED) is 0.394. The molecule has 0 aliphatic carbocycles. The summed E-state index contributed by atoms with van der Waals surface area (Å²) < 4.78 is 0. The monoisotopic (exact) mass is 220 g/mol. The first-order valence-corrected chi connectivity index (χ1v) is 4.35. The normalized spacial score (nSPS) is 20.4. The van der Waals surface area contributed by atoms with Crippen molar-refractivity contribution in [2.24, 2.45) is 11.5 Å². The van der Waals surface area contributed by atoms with Gasteiger partial charge in [0.2, 0.25) is 5.18 Å². The van der Waals surface area contributed by atoms with E-state index in [0.29, 0.717) is 5.56 Å². The maximum absolute atomic E-state index is 9.29. The first-order valence-electron chi connectivity index (χ1n) is 3.59. The largest absolute Gasteiger partial charge is 0.360 e. The maximum Gasteiger partial charge on any atom is 0.228 e. The second-order valence-corrected chi connectivity index (χ2v) is 3.92. The Morgan fingerprint density at radius 2 is 1.54 bits per heavy atom. The zero-order valence-corrected chi connectivity index (χ0v) is 8.26. The van der Waals surface area contributed by atoms with Gasteiger partial charge in [-0.2, -0.15) is 0 Å². The summed E-state index contributed by atoms with van der Waals surface area (Å²) in [5.41, 5.74) is 11.2. The van der Waals surface area contributed by atoms with Crippen molar-refractivity contribution in [3.63, 3.8) is 0 Å². The highest BCUT2D eigenvalue weighted by molar-refractivity contribution is 6.33. The van der Waals surface area contributed by atoms with E-state index in [0.717, 1.165) is 0 Å². The molecule has 1 aromatic rings. The van der Waals surface area contributed by atoms with Gasteiger partial charge in [-0.1, -0.05) is 53.5 Å². The molecule has 0 saturated carbocycles. The van der Waals surface area contributed by atoms with Crippen molar-refractivity contribution in [1.82, 2.24) is 0 Å². The highest BCUT2D eigenvalue weighted by Crippen LogP contribution is 2.33. The summed E-state index contributed by atoms with van der Waals surface area (Å²) in [4.78, 5) is -1.70. The summed E-state index contributed by atoms with van der Waals surface area (Å²) in [5.74, 6) is 0. The standard InChI is InChI=1S/C8H10Cl2N2O/c9-7(11,8(10,12)13)6-4-2-1-3-5-6/h1-5,13H,11-12H2. The van der Waals surface area contributed by atoms with Crippen LogP contribution in [0.4, 0.5) is 0 Å². The Bertz CT molecular complexity index is 282. The first kappa shape index (κ1) is 10.8. The topological polar surface area (TPSA) is 72.3 Å². The fourth-order valence-electron chi connectivity index (χ4n) is 0.883. The number of rotatable bonds is 2. The molecular weight excluding hydrogens is 211 g/mol. The summed E-state index contributed by atoms with van der Waals surface area (Å²) in [7, 11) is 0. The van der Waals surface area contributed by atoms with Crippen LogP contribution in [-0.2, 0) is 5.00 Å². The van der Waals surface area contributed by atoms with Gasteiger partial charge < -0.3 is 10.8 Å². The van der Waals surface area contributed by atoms with E-state index in [2.05, 4.69) is 0 Å². The Morgan fingerprint density at radius 1 is 1.08 bits per heavy atom. The third-order valence-electron chi connectivity index (χ3n) is 1.70. The lowest BCUT2D eigenvalue weighted by atomic mass is 10.1. The van der Waals surface area contributed by atoms with Crippen molar-refractivity contribution in [2.75, 3.05) is 0 Å². The number of alkyl halides is 2. The molecular formula is C8H10Cl2N2O. The van der Waals surface area contributed by atoms with Crippen LogP contribution in [0, 0.1) is 0 Å². The average molecular weight is 221 g/mol. The third kappa shape index (κ3) is 2.13. The lowest BCUT2D eigenvalue weighted by Gasteiger charge is -2.31. The third-order valence-corrected chi connectivity index (χ3v) is 2.61. The van der Waals surface area contributed by atoms with E-state index in [4.69, 9.17) is 34.7 Å². The molecule has 1 aromatic carbocycles. The Balaban J connectivity index is 3.08. The summed E-state index contributed by atoms with van der Waals surface area (Å²) in [6.45, 7) is 0. The van der Waals surface area contributed by atoms with Gasteiger partial charge in [-0.05, 0) is 5.56 Å². The summed E-state index contributed by atoms with van der Waals surface area (Å²) >= 11 is 11.2. The fourth-order valence-corrected chi connectivity index (χ4v) is 1.12. The highest BCUT2D eigenvalue weighted by atomic mass is 35.5. The van der Waals surface area contributed by atoms with Crippen LogP contribution in [0.25, 0.3) is 0 Å². The van der Waals surface area contributed by atoms with Crippen molar-refractivity contribution in [2.45, 2.75) is 10.2 Å². The van der Waals surface area contributed by atoms with Gasteiger partial charge in [0.25, 0.3) is 0 Å². The van der Waals surface area contributed by atoms with E-state index in [1.165, 1.54) is 0 Å². The molecule has 3 nitrogen and oxygen atoms in total. The molecule has 2 unspecified atom stereocenters. The molecule has 0 heterocycles. The van der Waals surface area contributed by atoms with Gasteiger partial charge in [0.05, 0.1) is 0 Å². The molecule has 0 aromatic heterocycles. The maximum atomic E-state index is 9.29. The van der Waals surface area contributed by atoms with Gasteiger partial charge in [0.15, 0.2) is 5.00 Å². The Morgan fingerprint density at radius 3 is 1.92 bits per heavy atom. The lowest BCUT2D eigenvalue weighted by Crippen LogP contribution is -2.56. The molecule has 5 N–H and O–H groups in total. The highest BCUT2D eigenvalue weighted by Gasteiger charge is 2.43. The van der Waals surface area contributed by atoms with Gasteiger partial charge in [-0.3, -0.25) is 5.73 Å². The molecule has 0 saturated heterocycles. The van der Waals surface area contributed by atoms with E-state index < -0.39 is 10.2 Å². The van der Waals surface area contributed by atoms with Crippen molar-refractivity contribution in [1.29, 1.82) is 0 Å². The Kier molecular flexibility index (Phi) is 2.85. The molecule has 0 spiro atoms. The number of benzene rings is 1. The molecule has 0 radical (unpaired) electrons. The van der Waals surface area contributed by atoms with Crippen molar-refractivity contribution >= 4 is 23.2 Å². The van der Waals surface area contributed by atoms with E-state index in [1.807, 2.05) is 0 Å². The molecule has 72 valence electrons. The Labute approximate surface area is 86.2 Å². The van der Waals surface area contributed by atoms with Crippen LogP contribution in [-0.4, -0.2) is 10.3 Å². The van der Waals surface area contributed by atoms with Crippen LogP contribution in [0.5, 0.6) is 0 Å².